The smallest absolute Gasteiger partial charge is 0.407 e. The summed E-state index contributed by atoms with van der Waals surface area (Å²) in [6.45, 7) is 8.44. The van der Waals surface area contributed by atoms with Crippen LogP contribution in [-0.2, 0) is 11.8 Å². The van der Waals surface area contributed by atoms with Crippen molar-refractivity contribution in [2.24, 2.45) is 7.05 Å². The van der Waals surface area contributed by atoms with Gasteiger partial charge in [-0.25, -0.2) is 9.78 Å². The molecule has 1 aliphatic rings. The molecule has 4 N–H and O–H groups in total. The third-order valence-corrected chi connectivity index (χ3v) is 9.84. The van der Waals surface area contributed by atoms with Crippen LogP contribution in [0.1, 0.15) is 56.1 Å². The Bertz CT molecular complexity index is 2020. The number of aryl methyl sites for hydroxylation is 1. The Morgan fingerprint density at radius 2 is 1.90 bits per heavy atom. The van der Waals surface area contributed by atoms with Crippen molar-refractivity contribution in [2.75, 3.05) is 37.8 Å². The minimum atomic E-state index is -0.494. The number of ether oxygens (including phenoxy) is 2. The lowest BCUT2D eigenvalue weighted by Gasteiger charge is -2.32. The normalized spacial score (nSPS) is 14.5. The van der Waals surface area contributed by atoms with Crippen LogP contribution >= 0.6 is 11.3 Å². The van der Waals surface area contributed by atoms with Gasteiger partial charge >= 0.3 is 6.09 Å². The lowest BCUT2D eigenvalue weighted by Crippen LogP contribution is -2.46. The molecule has 0 saturated carbocycles. The number of hydrogen-bond donors (Lipinski definition) is 3. The number of alkyl carbamates (subject to hydrolysis) is 1. The number of methoxy groups -OCH3 is 1. The highest BCUT2D eigenvalue weighted by molar-refractivity contribution is 7.18. The standard InChI is InChI=1S/C38H44N6O4S/c1-38(2,3)48-37(46)41-27-15-18-44(19-16-27)17-9-8-11-26-22-40-35(39)33-28(23-49-34(26)33)24-13-14-29(32(21-24)47-5)42-36(45)31-20-25-10-6-7-12-30(25)43(31)4/h6-8,10-14,20-23,27H,9,15-19H2,1-5H3,(H2,39,40)(H,41,46)(H,42,45)/b11-8+. The van der Waals surface area contributed by atoms with Crippen LogP contribution in [-0.4, -0.2) is 64.8 Å². The first-order valence-electron chi connectivity index (χ1n) is 16.6. The number of thiophene rings is 1. The van der Waals surface area contributed by atoms with Gasteiger partial charge in [-0.2, -0.15) is 0 Å². The van der Waals surface area contributed by atoms with Gasteiger partial charge in [0.1, 0.15) is 22.9 Å². The minimum Gasteiger partial charge on any atom is -0.495 e. The number of amides is 2. The highest BCUT2D eigenvalue weighted by Gasteiger charge is 2.23. The number of anilines is 2. The summed E-state index contributed by atoms with van der Waals surface area (Å²) in [4.78, 5) is 32.4. The molecule has 2 aromatic carbocycles. The molecule has 1 saturated heterocycles. The summed E-state index contributed by atoms with van der Waals surface area (Å²) in [5.41, 5.74) is 11.0. The van der Waals surface area contributed by atoms with E-state index in [1.165, 1.54) is 0 Å². The van der Waals surface area contributed by atoms with Crippen LogP contribution in [0.2, 0.25) is 0 Å². The molecule has 3 aromatic heterocycles. The first-order chi connectivity index (χ1) is 23.5. The summed E-state index contributed by atoms with van der Waals surface area (Å²) >= 11 is 1.63. The lowest BCUT2D eigenvalue weighted by atomic mass is 10.0. The number of nitrogens with zero attached hydrogens (tertiary/aromatic N) is 3. The van der Waals surface area contributed by atoms with Gasteiger partial charge < -0.3 is 35.3 Å². The van der Waals surface area contributed by atoms with Crippen molar-refractivity contribution in [3.63, 3.8) is 0 Å². The molecule has 0 atom stereocenters. The lowest BCUT2D eigenvalue weighted by molar-refractivity contribution is 0.0479. The molecular weight excluding hydrogens is 637 g/mol. The third kappa shape index (κ3) is 7.73. The fourth-order valence-electron chi connectivity index (χ4n) is 6.32. The zero-order valence-electron chi connectivity index (χ0n) is 28.7. The van der Waals surface area contributed by atoms with Gasteiger partial charge in [-0.15, -0.1) is 11.3 Å². The maximum absolute atomic E-state index is 13.3. The van der Waals surface area contributed by atoms with E-state index in [9.17, 15) is 9.59 Å². The van der Waals surface area contributed by atoms with Gasteiger partial charge in [0.05, 0.1) is 12.8 Å². The minimum absolute atomic E-state index is 0.147. The van der Waals surface area contributed by atoms with E-state index in [0.29, 0.717) is 22.9 Å². The average molecular weight is 681 g/mol. The topological polar surface area (TPSA) is 124 Å². The zero-order chi connectivity index (χ0) is 34.7. The summed E-state index contributed by atoms with van der Waals surface area (Å²) < 4.78 is 14.1. The molecule has 5 aromatic rings. The monoisotopic (exact) mass is 680 g/mol. The number of nitrogen functional groups attached to an aromatic ring is 1. The number of fused-ring (bicyclic) bond motifs is 2. The van der Waals surface area contributed by atoms with Gasteiger partial charge in [0.2, 0.25) is 0 Å². The van der Waals surface area contributed by atoms with Crippen LogP contribution in [0.4, 0.5) is 16.3 Å². The van der Waals surface area contributed by atoms with Crippen molar-refractivity contribution in [2.45, 2.75) is 51.7 Å². The van der Waals surface area contributed by atoms with Crippen LogP contribution in [0.3, 0.4) is 0 Å². The van der Waals surface area contributed by atoms with Crippen LogP contribution in [0, 0.1) is 0 Å². The van der Waals surface area contributed by atoms with Crippen molar-refractivity contribution < 1.29 is 19.1 Å². The molecule has 1 aliphatic heterocycles. The third-order valence-electron chi connectivity index (χ3n) is 8.81. The molecule has 0 radical (unpaired) electrons. The molecule has 0 aliphatic carbocycles. The molecule has 6 rings (SSSR count). The average Bonchev–Trinajstić information content (AvgIpc) is 3.67. The molecular formula is C38H44N6O4S. The number of nitrogens with one attached hydrogen (secondary N) is 2. The molecule has 0 bridgehead atoms. The number of para-hydroxylation sites is 1. The fourth-order valence-corrected chi connectivity index (χ4v) is 7.39. The molecule has 0 spiro atoms. The highest BCUT2D eigenvalue weighted by Crippen LogP contribution is 2.41. The van der Waals surface area contributed by atoms with Gasteiger partial charge in [-0.3, -0.25) is 4.79 Å². The van der Waals surface area contributed by atoms with Gasteiger partial charge in [0, 0.05) is 71.0 Å². The van der Waals surface area contributed by atoms with Gasteiger partial charge in [-0.1, -0.05) is 36.4 Å². The van der Waals surface area contributed by atoms with Crippen LogP contribution in [0.5, 0.6) is 5.75 Å². The predicted molar refractivity (Wildman–Crippen MR) is 199 cm³/mol. The number of benzene rings is 2. The van der Waals surface area contributed by atoms with Crippen molar-refractivity contribution >= 4 is 61.9 Å². The second-order valence-electron chi connectivity index (χ2n) is 13.4. The van der Waals surface area contributed by atoms with Crippen LogP contribution < -0.4 is 21.1 Å². The summed E-state index contributed by atoms with van der Waals surface area (Å²) in [6.07, 6.45) is 8.51. The van der Waals surface area contributed by atoms with E-state index in [1.807, 2.05) is 87.1 Å². The molecule has 4 heterocycles. The quantitative estimate of drug-likeness (QED) is 0.146. The SMILES string of the molecule is COc1cc(-c2csc3c(/C=C/CCN4CCC(NC(=O)OC(C)(C)C)CC4)cnc(N)c23)ccc1NC(=O)c1cc2ccccc2n1C. The Kier molecular flexibility index (Phi) is 9.94. The second kappa shape index (κ2) is 14.3. The van der Waals surface area contributed by atoms with Crippen molar-refractivity contribution in [1.82, 2.24) is 19.8 Å². The molecule has 10 nitrogen and oxygen atoms in total. The van der Waals surface area contributed by atoms with Gasteiger partial charge in [-0.05, 0) is 75.2 Å². The van der Waals surface area contributed by atoms with E-state index in [2.05, 4.69) is 38.0 Å². The first-order valence-corrected chi connectivity index (χ1v) is 17.5. The van der Waals surface area contributed by atoms with Crippen LogP contribution in [0.15, 0.2) is 66.2 Å². The van der Waals surface area contributed by atoms with Gasteiger partial charge in [0.15, 0.2) is 0 Å². The van der Waals surface area contributed by atoms with E-state index >= 15 is 0 Å². The summed E-state index contributed by atoms with van der Waals surface area (Å²) in [5, 5.41) is 10.0. The van der Waals surface area contributed by atoms with Crippen molar-refractivity contribution in [3.8, 4) is 16.9 Å². The number of nitrogens with two attached hydrogens (primary N) is 1. The highest BCUT2D eigenvalue weighted by atomic mass is 32.1. The number of likely N-dealkylation sites (tertiary alicyclic amines) is 1. The van der Waals surface area contributed by atoms with Crippen molar-refractivity contribution in [1.29, 1.82) is 0 Å². The molecule has 0 unspecified atom stereocenters. The Labute approximate surface area is 290 Å². The fraction of sp³-hybridized carbons (Fsp3) is 0.342. The molecule has 1 fully saturated rings. The Morgan fingerprint density at radius 1 is 1.12 bits per heavy atom. The van der Waals surface area contributed by atoms with E-state index in [0.717, 1.165) is 76.6 Å². The van der Waals surface area contributed by atoms with E-state index < -0.39 is 5.60 Å². The largest absolute Gasteiger partial charge is 0.495 e. The predicted octanol–water partition coefficient (Wildman–Crippen LogP) is 7.69. The van der Waals surface area contributed by atoms with E-state index in [4.69, 9.17) is 15.2 Å². The molecule has 49 heavy (non-hydrogen) atoms. The second-order valence-corrected chi connectivity index (χ2v) is 14.3. The Balaban J connectivity index is 1.10. The first kappa shape index (κ1) is 34.0. The summed E-state index contributed by atoms with van der Waals surface area (Å²) in [6, 6.07) is 15.7. The molecule has 256 valence electrons. The summed E-state index contributed by atoms with van der Waals surface area (Å²) in [5.74, 6) is 0.810. The number of hydrogen-bond acceptors (Lipinski definition) is 8. The van der Waals surface area contributed by atoms with E-state index in [1.54, 1.807) is 18.4 Å². The van der Waals surface area contributed by atoms with Crippen LogP contribution in [0.25, 0.3) is 38.2 Å². The molecule has 11 heteroatoms. The number of aromatic nitrogens is 2. The summed E-state index contributed by atoms with van der Waals surface area (Å²) in [7, 11) is 3.49. The maximum Gasteiger partial charge on any atom is 0.407 e. The van der Waals surface area contributed by atoms with Gasteiger partial charge in [0.25, 0.3) is 5.91 Å². The number of carbonyl (C=O) groups is 2. The number of carbonyl (C=O) groups excluding carboxylic acids is 2. The maximum atomic E-state index is 13.3. The van der Waals surface area contributed by atoms with Crippen molar-refractivity contribution in [3.05, 3.63) is 77.4 Å². The number of pyridine rings is 1. The zero-order valence-corrected chi connectivity index (χ0v) is 29.5. The number of rotatable bonds is 9. The number of piperidine rings is 1. The Morgan fingerprint density at radius 3 is 2.63 bits per heavy atom. The molecule has 2 amide bonds. The van der Waals surface area contributed by atoms with E-state index in [-0.39, 0.29) is 18.0 Å². The Hall–Kier alpha value is -4.87.